The molecule has 0 unspecified atom stereocenters. The number of benzene rings is 2. The molecule has 0 fully saturated rings. The van der Waals surface area contributed by atoms with Crippen LogP contribution in [0.1, 0.15) is 34.3 Å². The highest BCUT2D eigenvalue weighted by molar-refractivity contribution is 6.00. The number of ketones is 1. The summed E-state index contributed by atoms with van der Waals surface area (Å²) in [5, 5.41) is 2.94. The molecule has 0 aromatic heterocycles. The molecule has 0 saturated heterocycles. The van der Waals surface area contributed by atoms with Crippen LogP contribution in [-0.4, -0.2) is 43.9 Å². The van der Waals surface area contributed by atoms with E-state index in [-0.39, 0.29) is 24.5 Å². The number of carbonyl (C=O) groups excluding carboxylic acids is 2. The van der Waals surface area contributed by atoms with Gasteiger partial charge in [0.1, 0.15) is 13.2 Å². The Labute approximate surface area is 165 Å². The molecule has 148 valence electrons. The van der Waals surface area contributed by atoms with E-state index < -0.39 is 0 Å². The van der Waals surface area contributed by atoms with Crippen LogP contribution in [0.5, 0.6) is 11.5 Å². The molecule has 0 radical (unpaired) electrons. The summed E-state index contributed by atoms with van der Waals surface area (Å²) >= 11 is 0. The average Bonchev–Trinajstić information content (AvgIpc) is 2.67. The molecular weight excluding hydrogens is 356 g/mol. The molecule has 0 saturated carbocycles. The monoisotopic (exact) mass is 382 g/mol. The molecule has 1 aliphatic rings. The topological polar surface area (TPSA) is 67.9 Å². The van der Waals surface area contributed by atoms with Gasteiger partial charge in [-0.3, -0.25) is 9.59 Å². The molecule has 1 heterocycles. The maximum absolute atomic E-state index is 12.5. The number of aryl methyl sites for hydroxylation is 1. The molecule has 1 aliphatic heterocycles. The number of nitrogens with zero attached hydrogens (tertiary/aromatic N) is 1. The first kappa shape index (κ1) is 19.9. The van der Waals surface area contributed by atoms with Crippen molar-refractivity contribution < 1.29 is 19.1 Å². The third kappa shape index (κ3) is 5.10. The number of amides is 1. The van der Waals surface area contributed by atoms with Crippen molar-refractivity contribution in [2.75, 3.05) is 32.6 Å². The van der Waals surface area contributed by atoms with Crippen molar-refractivity contribution in [2.45, 2.75) is 26.3 Å². The maximum Gasteiger partial charge on any atom is 0.224 e. The quantitative estimate of drug-likeness (QED) is 0.743. The van der Waals surface area contributed by atoms with E-state index in [1.54, 1.807) is 18.2 Å². The second kappa shape index (κ2) is 8.89. The molecule has 0 bridgehead atoms. The number of anilines is 1. The van der Waals surface area contributed by atoms with Gasteiger partial charge in [0.15, 0.2) is 17.3 Å². The van der Waals surface area contributed by atoms with Crippen LogP contribution in [0.15, 0.2) is 36.4 Å². The fourth-order valence-corrected chi connectivity index (χ4v) is 3.12. The SMILES string of the molecule is Cc1ccc(NC(=O)CCC(=O)c2ccc3c(c2)OCCO3)c(CN(C)C)c1. The fraction of sp³-hybridized carbons (Fsp3) is 0.364. The van der Waals surface area contributed by atoms with Crippen molar-refractivity contribution in [3.8, 4) is 11.5 Å². The van der Waals surface area contributed by atoms with E-state index in [0.717, 1.165) is 23.4 Å². The van der Waals surface area contributed by atoms with Crippen LogP contribution in [0.4, 0.5) is 5.69 Å². The average molecular weight is 382 g/mol. The lowest BCUT2D eigenvalue weighted by Gasteiger charge is -2.18. The smallest absolute Gasteiger partial charge is 0.224 e. The van der Waals surface area contributed by atoms with Gasteiger partial charge < -0.3 is 19.7 Å². The predicted octanol–water partition coefficient (Wildman–Crippen LogP) is 3.43. The third-order valence-corrected chi connectivity index (χ3v) is 4.46. The van der Waals surface area contributed by atoms with Crippen LogP contribution in [-0.2, 0) is 11.3 Å². The van der Waals surface area contributed by atoms with Crippen molar-refractivity contribution in [2.24, 2.45) is 0 Å². The van der Waals surface area contributed by atoms with Crippen molar-refractivity contribution in [3.05, 3.63) is 53.1 Å². The minimum absolute atomic E-state index is 0.0930. The van der Waals surface area contributed by atoms with Crippen LogP contribution in [0.2, 0.25) is 0 Å². The third-order valence-electron chi connectivity index (χ3n) is 4.46. The molecule has 1 N–H and O–H groups in total. The summed E-state index contributed by atoms with van der Waals surface area (Å²) < 4.78 is 11.0. The zero-order chi connectivity index (χ0) is 20.1. The normalized spacial score (nSPS) is 12.7. The number of fused-ring (bicyclic) bond motifs is 1. The van der Waals surface area contributed by atoms with Crippen LogP contribution in [0.3, 0.4) is 0 Å². The highest BCUT2D eigenvalue weighted by Gasteiger charge is 2.16. The van der Waals surface area contributed by atoms with Crippen molar-refractivity contribution in [1.82, 2.24) is 4.90 Å². The minimum atomic E-state index is -0.172. The lowest BCUT2D eigenvalue weighted by molar-refractivity contribution is -0.116. The maximum atomic E-state index is 12.5. The van der Waals surface area contributed by atoms with E-state index in [1.165, 1.54) is 0 Å². The Bertz CT molecular complexity index is 877. The van der Waals surface area contributed by atoms with Gasteiger partial charge >= 0.3 is 0 Å². The summed E-state index contributed by atoms with van der Waals surface area (Å²) in [7, 11) is 3.97. The predicted molar refractivity (Wildman–Crippen MR) is 108 cm³/mol. The van der Waals surface area contributed by atoms with Gasteiger partial charge in [-0.15, -0.1) is 0 Å². The number of carbonyl (C=O) groups is 2. The van der Waals surface area contributed by atoms with Gasteiger partial charge in [0.25, 0.3) is 0 Å². The molecule has 3 rings (SSSR count). The van der Waals surface area contributed by atoms with Crippen molar-refractivity contribution in [3.63, 3.8) is 0 Å². The van der Waals surface area contributed by atoms with Crippen LogP contribution in [0, 0.1) is 6.92 Å². The minimum Gasteiger partial charge on any atom is -0.486 e. The van der Waals surface area contributed by atoms with Gasteiger partial charge in [-0.2, -0.15) is 0 Å². The van der Waals surface area contributed by atoms with Crippen LogP contribution in [0.25, 0.3) is 0 Å². The molecule has 28 heavy (non-hydrogen) atoms. The second-order valence-corrected chi connectivity index (χ2v) is 7.23. The molecular formula is C22H26N2O4. The summed E-state index contributed by atoms with van der Waals surface area (Å²) in [4.78, 5) is 26.9. The zero-order valence-corrected chi connectivity index (χ0v) is 16.6. The van der Waals surface area contributed by atoms with Crippen LogP contribution < -0.4 is 14.8 Å². The highest BCUT2D eigenvalue weighted by Crippen LogP contribution is 2.31. The van der Waals surface area contributed by atoms with Crippen molar-refractivity contribution in [1.29, 1.82) is 0 Å². The Balaban J connectivity index is 1.59. The number of Topliss-reactive ketones (excluding diaryl/α,β-unsaturated/α-hetero) is 1. The highest BCUT2D eigenvalue weighted by atomic mass is 16.6. The van der Waals surface area contributed by atoms with E-state index in [1.807, 2.05) is 33.2 Å². The molecule has 6 nitrogen and oxygen atoms in total. The first-order chi connectivity index (χ1) is 13.4. The second-order valence-electron chi connectivity index (χ2n) is 7.23. The lowest BCUT2D eigenvalue weighted by atomic mass is 10.0. The number of ether oxygens (including phenoxy) is 2. The van der Waals surface area contributed by atoms with Gasteiger partial charge in [0.2, 0.25) is 5.91 Å². The fourth-order valence-electron chi connectivity index (χ4n) is 3.12. The number of rotatable bonds is 7. The molecule has 0 aliphatic carbocycles. The van der Waals surface area contributed by atoms with E-state index in [2.05, 4.69) is 16.3 Å². The first-order valence-corrected chi connectivity index (χ1v) is 9.39. The van der Waals surface area contributed by atoms with Gasteiger partial charge in [0.05, 0.1) is 0 Å². The van der Waals surface area contributed by atoms with E-state index in [4.69, 9.17) is 9.47 Å². The summed E-state index contributed by atoms with van der Waals surface area (Å²) in [5.74, 6) is 0.960. The first-order valence-electron chi connectivity index (χ1n) is 9.39. The number of hydrogen-bond donors (Lipinski definition) is 1. The summed E-state index contributed by atoms with van der Waals surface area (Å²) in [6.07, 6.45) is 0.267. The summed E-state index contributed by atoms with van der Waals surface area (Å²) in [5.41, 5.74) is 3.51. The van der Waals surface area contributed by atoms with Gasteiger partial charge in [-0.25, -0.2) is 0 Å². The van der Waals surface area contributed by atoms with Gasteiger partial charge in [-0.1, -0.05) is 17.7 Å². The van der Waals surface area contributed by atoms with Gasteiger partial charge in [0, 0.05) is 30.6 Å². The molecule has 0 atom stereocenters. The standard InChI is InChI=1S/C22H26N2O4/c1-15-4-6-18(17(12-15)14-24(2)3)23-22(26)9-7-19(25)16-5-8-20-21(13-16)28-11-10-27-20/h4-6,8,12-13H,7,9-11,14H2,1-3H3,(H,23,26). The Morgan fingerprint density at radius 2 is 1.75 bits per heavy atom. The van der Waals surface area contributed by atoms with Crippen LogP contribution >= 0.6 is 0 Å². The zero-order valence-electron chi connectivity index (χ0n) is 16.6. The molecule has 2 aromatic carbocycles. The van der Waals surface area contributed by atoms with E-state index >= 15 is 0 Å². The van der Waals surface area contributed by atoms with Crippen molar-refractivity contribution >= 4 is 17.4 Å². The molecule has 6 heteroatoms. The molecule has 1 amide bonds. The largest absolute Gasteiger partial charge is 0.486 e. The summed E-state index contributed by atoms with van der Waals surface area (Å²) in [6, 6.07) is 11.1. The van der Waals surface area contributed by atoms with Gasteiger partial charge in [-0.05, 0) is 50.8 Å². The lowest BCUT2D eigenvalue weighted by Crippen LogP contribution is -2.18. The summed E-state index contributed by atoms with van der Waals surface area (Å²) in [6.45, 7) is 3.73. The molecule has 2 aromatic rings. The van der Waals surface area contributed by atoms with E-state index in [9.17, 15) is 9.59 Å². The number of nitrogens with one attached hydrogen (secondary N) is 1. The number of hydrogen-bond acceptors (Lipinski definition) is 5. The Morgan fingerprint density at radius 1 is 1.00 bits per heavy atom. The molecule has 0 spiro atoms. The van der Waals surface area contributed by atoms with E-state index in [0.29, 0.717) is 30.3 Å². The Kier molecular flexibility index (Phi) is 6.31. The Morgan fingerprint density at radius 3 is 2.50 bits per heavy atom. The Hall–Kier alpha value is -2.86.